The zero-order valence-electron chi connectivity index (χ0n) is 13.8. The van der Waals surface area contributed by atoms with Crippen molar-refractivity contribution in [1.82, 2.24) is 5.32 Å². The molecule has 1 saturated heterocycles. The molecule has 0 amide bonds. The number of nitrogens with zero attached hydrogens (tertiary/aromatic N) is 1. The summed E-state index contributed by atoms with van der Waals surface area (Å²) >= 11 is 6.41. The number of aryl methyl sites for hydroxylation is 1. The summed E-state index contributed by atoms with van der Waals surface area (Å²) in [4.78, 5) is 2.15. The Bertz CT molecular complexity index is 713. The molecule has 2 nitrogen and oxygen atoms in total. The van der Waals surface area contributed by atoms with Gasteiger partial charge in [0.25, 0.3) is 0 Å². The molecule has 1 heterocycles. The van der Waals surface area contributed by atoms with Gasteiger partial charge >= 0.3 is 0 Å². The molecule has 1 N–H and O–H groups in total. The first-order valence-electron chi connectivity index (χ1n) is 8.13. The fourth-order valence-electron chi connectivity index (χ4n) is 2.97. The lowest BCUT2D eigenvalue weighted by Gasteiger charge is -2.22. The molecule has 1 fully saturated rings. The van der Waals surface area contributed by atoms with E-state index in [1.165, 1.54) is 16.7 Å². The summed E-state index contributed by atoms with van der Waals surface area (Å²) in [7, 11) is 2.06. The lowest BCUT2D eigenvalue weighted by molar-refractivity contribution is 0.613. The molecule has 0 aliphatic carbocycles. The van der Waals surface area contributed by atoms with Crippen molar-refractivity contribution < 1.29 is 0 Å². The van der Waals surface area contributed by atoms with E-state index < -0.39 is 0 Å². The summed E-state index contributed by atoms with van der Waals surface area (Å²) in [6, 6.07) is 14.8. The number of anilines is 2. The third-order valence-corrected chi connectivity index (χ3v) is 4.64. The second kappa shape index (κ2) is 7.20. The first kappa shape index (κ1) is 16.1. The van der Waals surface area contributed by atoms with Crippen molar-refractivity contribution in [1.29, 1.82) is 0 Å². The van der Waals surface area contributed by atoms with Gasteiger partial charge in [0.2, 0.25) is 0 Å². The zero-order chi connectivity index (χ0) is 16.2. The maximum absolute atomic E-state index is 6.41. The monoisotopic (exact) mass is 326 g/mol. The first-order valence-corrected chi connectivity index (χ1v) is 8.51. The van der Waals surface area contributed by atoms with Crippen LogP contribution in [0.15, 0.2) is 48.0 Å². The number of halogens is 1. The highest BCUT2D eigenvalue weighted by Gasteiger charge is 2.09. The molecule has 120 valence electrons. The van der Waals surface area contributed by atoms with E-state index in [1.54, 1.807) is 0 Å². The minimum absolute atomic E-state index is 0.787. The lowest BCUT2D eigenvalue weighted by atomic mass is 10.0. The third kappa shape index (κ3) is 3.95. The molecular formula is C20H23ClN2. The van der Waals surface area contributed by atoms with Gasteiger partial charge < -0.3 is 10.2 Å². The van der Waals surface area contributed by atoms with Crippen LogP contribution >= 0.6 is 11.6 Å². The molecule has 1 aliphatic heterocycles. The van der Waals surface area contributed by atoms with Crippen molar-refractivity contribution in [3.05, 3.63) is 64.2 Å². The van der Waals surface area contributed by atoms with E-state index in [0.717, 1.165) is 42.3 Å². The van der Waals surface area contributed by atoms with Gasteiger partial charge in [0.1, 0.15) is 0 Å². The maximum Gasteiger partial charge on any atom is 0.0645 e. The van der Waals surface area contributed by atoms with Crippen LogP contribution in [0.1, 0.15) is 24.0 Å². The second-order valence-electron chi connectivity index (χ2n) is 6.16. The van der Waals surface area contributed by atoms with Gasteiger partial charge in [-0.15, -0.1) is 0 Å². The van der Waals surface area contributed by atoms with Crippen molar-refractivity contribution in [2.45, 2.75) is 19.8 Å². The second-order valence-corrected chi connectivity index (χ2v) is 6.57. The molecule has 0 unspecified atom stereocenters. The largest absolute Gasteiger partial charge is 0.343 e. The van der Waals surface area contributed by atoms with E-state index in [9.17, 15) is 0 Å². The van der Waals surface area contributed by atoms with Crippen molar-refractivity contribution in [2.24, 2.45) is 0 Å². The Kier molecular flexibility index (Phi) is 5.04. The maximum atomic E-state index is 6.41. The molecular weight excluding hydrogens is 304 g/mol. The molecule has 0 spiro atoms. The summed E-state index contributed by atoms with van der Waals surface area (Å²) in [5, 5.41) is 4.19. The molecule has 0 bridgehead atoms. The van der Waals surface area contributed by atoms with Crippen molar-refractivity contribution in [3.63, 3.8) is 0 Å². The van der Waals surface area contributed by atoms with E-state index in [0.29, 0.717) is 0 Å². The number of rotatable bonds is 3. The summed E-state index contributed by atoms with van der Waals surface area (Å²) in [6.07, 6.45) is 4.61. The van der Waals surface area contributed by atoms with E-state index in [1.807, 2.05) is 6.07 Å². The average Bonchev–Trinajstić information content (AvgIpc) is 2.55. The average molecular weight is 327 g/mol. The van der Waals surface area contributed by atoms with Gasteiger partial charge in [-0.05, 0) is 68.2 Å². The van der Waals surface area contributed by atoms with Crippen LogP contribution in [0.5, 0.6) is 0 Å². The van der Waals surface area contributed by atoms with Crippen LogP contribution in [0.3, 0.4) is 0 Å². The SMILES string of the molecule is Cc1ccc(N(C)c2cccc(C=C3CCNCC3)c2)c(Cl)c1. The molecule has 0 radical (unpaired) electrons. The fourth-order valence-corrected chi connectivity index (χ4v) is 3.34. The van der Waals surface area contributed by atoms with Crippen LogP contribution in [0.2, 0.25) is 5.02 Å². The molecule has 23 heavy (non-hydrogen) atoms. The smallest absolute Gasteiger partial charge is 0.0645 e. The van der Waals surface area contributed by atoms with E-state index in [2.05, 4.69) is 66.7 Å². The number of benzene rings is 2. The third-order valence-electron chi connectivity index (χ3n) is 4.34. The topological polar surface area (TPSA) is 15.3 Å². The first-order chi connectivity index (χ1) is 11.1. The Morgan fingerprint density at radius 3 is 2.61 bits per heavy atom. The standard InChI is InChI=1S/C20H23ClN2/c1-15-6-7-20(19(21)12-15)23(2)18-5-3-4-17(14-18)13-16-8-10-22-11-9-16/h3-7,12-14,22H,8-11H2,1-2H3. The quantitative estimate of drug-likeness (QED) is 0.835. The highest BCUT2D eigenvalue weighted by molar-refractivity contribution is 6.33. The van der Waals surface area contributed by atoms with Gasteiger partial charge in [0.05, 0.1) is 10.7 Å². The molecule has 3 rings (SSSR count). The summed E-state index contributed by atoms with van der Waals surface area (Å²) in [6.45, 7) is 4.23. The van der Waals surface area contributed by atoms with Crippen LogP contribution in [0.4, 0.5) is 11.4 Å². The number of piperidine rings is 1. The summed E-state index contributed by atoms with van der Waals surface area (Å²) < 4.78 is 0. The lowest BCUT2D eigenvalue weighted by Crippen LogP contribution is -2.22. The van der Waals surface area contributed by atoms with Crippen molar-refractivity contribution in [2.75, 3.05) is 25.0 Å². The number of nitrogens with one attached hydrogen (secondary N) is 1. The highest BCUT2D eigenvalue weighted by Crippen LogP contribution is 2.32. The van der Waals surface area contributed by atoms with E-state index in [4.69, 9.17) is 11.6 Å². The Morgan fingerprint density at radius 1 is 1.09 bits per heavy atom. The molecule has 0 atom stereocenters. The zero-order valence-corrected chi connectivity index (χ0v) is 14.5. The minimum Gasteiger partial charge on any atom is -0.343 e. The van der Waals surface area contributed by atoms with Crippen LogP contribution in [0, 0.1) is 6.92 Å². The van der Waals surface area contributed by atoms with Gasteiger partial charge in [-0.2, -0.15) is 0 Å². The Balaban J connectivity index is 1.86. The van der Waals surface area contributed by atoms with Crippen LogP contribution in [-0.2, 0) is 0 Å². The molecule has 0 saturated carbocycles. The number of hydrogen-bond acceptors (Lipinski definition) is 2. The van der Waals surface area contributed by atoms with E-state index >= 15 is 0 Å². The summed E-state index contributed by atoms with van der Waals surface area (Å²) in [5.41, 5.74) is 6.14. The van der Waals surface area contributed by atoms with Crippen LogP contribution in [0.25, 0.3) is 6.08 Å². The normalized spacial score (nSPS) is 14.7. The van der Waals surface area contributed by atoms with Gasteiger partial charge in [-0.3, -0.25) is 0 Å². The Morgan fingerprint density at radius 2 is 1.87 bits per heavy atom. The molecule has 3 heteroatoms. The minimum atomic E-state index is 0.787. The van der Waals surface area contributed by atoms with Crippen molar-refractivity contribution in [3.8, 4) is 0 Å². The van der Waals surface area contributed by atoms with Gasteiger partial charge in [-0.1, -0.05) is 41.4 Å². The highest BCUT2D eigenvalue weighted by atomic mass is 35.5. The van der Waals surface area contributed by atoms with Gasteiger partial charge in [-0.25, -0.2) is 0 Å². The summed E-state index contributed by atoms with van der Waals surface area (Å²) in [5.74, 6) is 0. The predicted octanol–water partition coefficient (Wildman–Crippen LogP) is 5.18. The van der Waals surface area contributed by atoms with Crippen LogP contribution in [-0.4, -0.2) is 20.1 Å². The van der Waals surface area contributed by atoms with Gasteiger partial charge in [0.15, 0.2) is 0 Å². The molecule has 2 aromatic rings. The molecule has 2 aromatic carbocycles. The van der Waals surface area contributed by atoms with Gasteiger partial charge in [0, 0.05) is 12.7 Å². The molecule has 0 aromatic heterocycles. The van der Waals surface area contributed by atoms with Crippen molar-refractivity contribution >= 4 is 29.1 Å². The fraction of sp³-hybridized carbons (Fsp3) is 0.300. The van der Waals surface area contributed by atoms with Crippen LogP contribution < -0.4 is 10.2 Å². The Hall–Kier alpha value is -1.77. The Labute approximate surface area is 143 Å². The number of hydrogen-bond donors (Lipinski definition) is 1. The van der Waals surface area contributed by atoms with E-state index in [-0.39, 0.29) is 0 Å². The predicted molar refractivity (Wildman–Crippen MR) is 101 cm³/mol. The molecule has 1 aliphatic rings.